The molecule has 150 valence electrons. The molecule has 8 heteroatoms. The van der Waals surface area contributed by atoms with Crippen molar-refractivity contribution in [3.05, 3.63) is 65.4 Å². The summed E-state index contributed by atoms with van der Waals surface area (Å²) in [6.45, 7) is 3.59. The zero-order valence-electron chi connectivity index (χ0n) is 15.8. The van der Waals surface area contributed by atoms with Crippen LogP contribution in [-0.4, -0.2) is 57.8 Å². The highest BCUT2D eigenvalue weighted by Crippen LogP contribution is 2.26. The largest absolute Gasteiger partial charge is 0.339 e. The van der Waals surface area contributed by atoms with Crippen molar-refractivity contribution in [1.82, 2.24) is 19.9 Å². The summed E-state index contributed by atoms with van der Waals surface area (Å²) in [6.07, 6.45) is 0. The van der Waals surface area contributed by atoms with Gasteiger partial charge in [0.2, 0.25) is 5.91 Å². The fourth-order valence-corrected chi connectivity index (χ4v) is 4.21. The van der Waals surface area contributed by atoms with E-state index in [0.717, 1.165) is 23.5 Å². The van der Waals surface area contributed by atoms with Crippen LogP contribution in [0.4, 0.5) is 0 Å². The second-order valence-corrected chi connectivity index (χ2v) is 8.21. The van der Waals surface area contributed by atoms with E-state index in [1.54, 1.807) is 17.8 Å². The summed E-state index contributed by atoms with van der Waals surface area (Å²) in [5.41, 5.74) is 0.735. The highest BCUT2D eigenvalue weighted by atomic mass is 35.5. The molecule has 0 spiro atoms. The minimum Gasteiger partial charge on any atom is -0.339 e. The molecule has 4 rings (SSSR count). The van der Waals surface area contributed by atoms with Crippen LogP contribution in [0.2, 0.25) is 5.02 Å². The molecule has 0 unspecified atom stereocenters. The van der Waals surface area contributed by atoms with Gasteiger partial charge in [0.1, 0.15) is 0 Å². The van der Waals surface area contributed by atoms with Gasteiger partial charge in [-0.3, -0.25) is 9.69 Å². The summed E-state index contributed by atoms with van der Waals surface area (Å²) in [7, 11) is 0. The van der Waals surface area contributed by atoms with Crippen LogP contribution in [0.5, 0.6) is 0 Å². The minimum absolute atomic E-state index is 0.180. The maximum atomic E-state index is 12.5. The molecular formula is C21H21ClN4O2S. The SMILES string of the molecule is O=C(CSc1ccccc1)N1CCN(Cc2noc(-c3ccccc3Cl)n2)CC1. The summed E-state index contributed by atoms with van der Waals surface area (Å²) in [5, 5.41) is 4.66. The number of halogens is 1. The van der Waals surface area contributed by atoms with Crippen LogP contribution in [-0.2, 0) is 11.3 Å². The van der Waals surface area contributed by atoms with E-state index in [0.29, 0.717) is 42.1 Å². The monoisotopic (exact) mass is 428 g/mol. The van der Waals surface area contributed by atoms with Gasteiger partial charge in [-0.25, -0.2) is 0 Å². The first-order valence-corrected chi connectivity index (χ1v) is 10.8. The van der Waals surface area contributed by atoms with Gasteiger partial charge in [-0.05, 0) is 24.3 Å². The molecule has 6 nitrogen and oxygen atoms in total. The van der Waals surface area contributed by atoms with E-state index < -0.39 is 0 Å². The van der Waals surface area contributed by atoms with Crippen molar-refractivity contribution in [2.24, 2.45) is 0 Å². The Morgan fingerprint density at radius 2 is 1.76 bits per heavy atom. The maximum Gasteiger partial charge on any atom is 0.259 e. The molecule has 0 radical (unpaired) electrons. The van der Waals surface area contributed by atoms with E-state index in [1.807, 2.05) is 53.4 Å². The molecule has 1 amide bonds. The van der Waals surface area contributed by atoms with Crippen molar-refractivity contribution in [1.29, 1.82) is 0 Å². The molecule has 2 aromatic carbocycles. The summed E-state index contributed by atoms with van der Waals surface area (Å²) in [6, 6.07) is 17.4. The number of nitrogens with zero attached hydrogens (tertiary/aromatic N) is 4. The molecule has 1 aromatic heterocycles. The highest BCUT2D eigenvalue weighted by Gasteiger charge is 2.22. The summed E-state index contributed by atoms with van der Waals surface area (Å²) >= 11 is 7.77. The highest BCUT2D eigenvalue weighted by molar-refractivity contribution is 8.00. The van der Waals surface area contributed by atoms with Crippen molar-refractivity contribution < 1.29 is 9.32 Å². The van der Waals surface area contributed by atoms with Crippen LogP contribution in [0.25, 0.3) is 11.5 Å². The predicted molar refractivity (Wildman–Crippen MR) is 114 cm³/mol. The van der Waals surface area contributed by atoms with E-state index >= 15 is 0 Å². The standard InChI is InChI=1S/C21H21ClN4O2S/c22-18-9-5-4-8-17(18)21-23-19(24-28-21)14-25-10-12-26(13-11-25)20(27)15-29-16-6-2-1-3-7-16/h1-9H,10-15H2. The van der Waals surface area contributed by atoms with Gasteiger partial charge in [-0.2, -0.15) is 4.98 Å². The number of carbonyl (C=O) groups is 1. The van der Waals surface area contributed by atoms with Gasteiger partial charge in [0, 0.05) is 31.1 Å². The number of thioether (sulfide) groups is 1. The molecule has 2 heterocycles. The number of amides is 1. The number of carbonyl (C=O) groups excluding carboxylic acids is 1. The molecule has 0 N–H and O–H groups in total. The smallest absolute Gasteiger partial charge is 0.259 e. The Bertz CT molecular complexity index is 958. The molecule has 0 saturated carbocycles. The second-order valence-electron chi connectivity index (χ2n) is 6.75. The van der Waals surface area contributed by atoms with Gasteiger partial charge in [-0.1, -0.05) is 47.1 Å². The topological polar surface area (TPSA) is 62.5 Å². The first-order valence-electron chi connectivity index (χ1n) is 9.44. The molecule has 0 aliphatic carbocycles. The number of rotatable bonds is 6. The average molecular weight is 429 g/mol. The van der Waals surface area contributed by atoms with Crippen LogP contribution >= 0.6 is 23.4 Å². The van der Waals surface area contributed by atoms with Crippen molar-refractivity contribution >= 4 is 29.3 Å². The molecule has 1 fully saturated rings. The lowest BCUT2D eigenvalue weighted by molar-refractivity contribution is -0.130. The van der Waals surface area contributed by atoms with Crippen molar-refractivity contribution in [2.75, 3.05) is 31.9 Å². The number of hydrogen-bond donors (Lipinski definition) is 0. The lowest BCUT2D eigenvalue weighted by Gasteiger charge is -2.34. The van der Waals surface area contributed by atoms with E-state index in [4.69, 9.17) is 16.1 Å². The van der Waals surface area contributed by atoms with E-state index in [-0.39, 0.29) is 5.91 Å². The average Bonchev–Trinajstić information content (AvgIpc) is 3.22. The summed E-state index contributed by atoms with van der Waals surface area (Å²) in [4.78, 5) is 22.2. The third-order valence-corrected chi connectivity index (χ3v) is 6.09. The Labute approximate surface area is 178 Å². The summed E-state index contributed by atoms with van der Waals surface area (Å²) in [5.74, 6) is 1.70. The van der Waals surface area contributed by atoms with E-state index in [1.165, 1.54) is 0 Å². The Morgan fingerprint density at radius 3 is 2.52 bits per heavy atom. The van der Waals surface area contributed by atoms with Crippen molar-refractivity contribution in [2.45, 2.75) is 11.4 Å². The number of benzene rings is 2. The Balaban J connectivity index is 1.26. The molecular weight excluding hydrogens is 408 g/mol. The van der Waals surface area contributed by atoms with Gasteiger partial charge >= 0.3 is 0 Å². The lowest BCUT2D eigenvalue weighted by atomic mass is 10.2. The van der Waals surface area contributed by atoms with Gasteiger partial charge in [0.05, 0.1) is 22.9 Å². The first kappa shape index (κ1) is 19.9. The Morgan fingerprint density at radius 1 is 1.03 bits per heavy atom. The molecule has 3 aromatic rings. The maximum absolute atomic E-state index is 12.5. The van der Waals surface area contributed by atoms with Crippen molar-refractivity contribution in [3.8, 4) is 11.5 Å². The van der Waals surface area contributed by atoms with Gasteiger partial charge < -0.3 is 9.42 Å². The lowest BCUT2D eigenvalue weighted by Crippen LogP contribution is -2.48. The molecule has 1 aliphatic rings. The second kappa shape index (κ2) is 9.43. The van der Waals surface area contributed by atoms with Crippen LogP contribution in [0.3, 0.4) is 0 Å². The fraction of sp³-hybridized carbons (Fsp3) is 0.286. The molecule has 1 aliphatic heterocycles. The Hall–Kier alpha value is -2.35. The van der Waals surface area contributed by atoms with Crippen LogP contribution < -0.4 is 0 Å². The number of aromatic nitrogens is 2. The van der Waals surface area contributed by atoms with Crippen LogP contribution in [0.15, 0.2) is 64.0 Å². The molecule has 0 atom stereocenters. The number of hydrogen-bond acceptors (Lipinski definition) is 6. The zero-order chi connectivity index (χ0) is 20.1. The summed E-state index contributed by atoms with van der Waals surface area (Å²) < 4.78 is 5.37. The normalized spacial score (nSPS) is 14.9. The fourth-order valence-electron chi connectivity index (χ4n) is 3.17. The minimum atomic E-state index is 0.180. The Kier molecular flexibility index (Phi) is 6.49. The van der Waals surface area contributed by atoms with E-state index in [9.17, 15) is 4.79 Å². The third kappa shape index (κ3) is 5.18. The van der Waals surface area contributed by atoms with Crippen molar-refractivity contribution in [3.63, 3.8) is 0 Å². The first-order chi connectivity index (χ1) is 14.2. The third-order valence-electron chi connectivity index (χ3n) is 4.77. The van der Waals surface area contributed by atoms with E-state index in [2.05, 4.69) is 15.0 Å². The van der Waals surface area contributed by atoms with Gasteiger partial charge in [0.25, 0.3) is 5.89 Å². The molecule has 1 saturated heterocycles. The predicted octanol–water partition coefficient (Wildman–Crippen LogP) is 3.83. The van der Waals surface area contributed by atoms with Crippen LogP contribution in [0, 0.1) is 0 Å². The quantitative estimate of drug-likeness (QED) is 0.556. The van der Waals surface area contributed by atoms with Gasteiger partial charge in [-0.15, -0.1) is 11.8 Å². The van der Waals surface area contributed by atoms with Crippen LogP contribution in [0.1, 0.15) is 5.82 Å². The molecule has 0 bridgehead atoms. The zero-order valence-corrected chi connectivity index (χ0v) is 17.4. The number of piperazine rings is 1. The molecule has 29 heavy (non-hydrogen) atoms. The van der Waals surface area contributed by atoms with Gasteiger partial charge in [0.15, 0.2) is 5.82 Å².